The maximum Gasteiger partial charge on any atom is 0.472 e. The second kappa shape index (κ2) is 47.4. The molecule has 0 aromatic rings. The van der Waals surface area contributed by atoms with Gasteiger partial charge in [-0.1, -0.05) is 210 Å². The number of ether oxygens (including phenoxy) is 1. The Hall–Kier alpha value is -2.29. The van der Waals surface area contributed by atoms with E-state index in [0.717, 1.165) is 89.9 Å². The highest BCUT2D eigenvalue weighted by Crippen LogP contribution is 2.43. The van der Waals surface area contributed by atoms with Crippen molar-refractivity contribution in [3.05, 3.63) is 60.8 Å². The van der Waals surface area contributed by atoms with Crippen LogP contribution in [0, 0.1) is 0 Å². The Bertz CT molecular complexity index is 1340. The minimum absolute atomic E-state index is 0.0341. The predicted octanol–water partition coefficient (Wildman–Crippen LogP) is 16.3. The Morgan fingerprint density at radius 3 is 1.48 bits per heavy atom. The number of carbonyl (C=O) groups is 2. The van der Waals surface area contributed by atoms with Crippen LogP contribution in [-0.4, -0.2) is 74.3 Å². The van der Waals surface area contributed by atoms with E-state index in [2.05, 4.69) is 74.7 Å². The molecule has 0 saturated carbocycles. The highest BCUT2D eigenvalue weighted by Gasteiger charge is 2.30. The van der Waals surface area contributed by atoms with Crippen molar-refractivity contribution in [1.29, 1.82) is 0 Å². The number of hydrogen-bond acceptors (Lipinski definition) is 6. The molecule has 390 valence electrons. The molecule has 0 aromatic carbocycles. The zero-order valence-corrected chi connectivity index (χ0v) is 45.3. The second-order valence-electron chi connectivity index (χ2n) is 19.8. The summed E-state index contributed by atoms with van der Waals surface area (Å²) in [5.41, 5.74) is 0. The summed E-state index contributed by atoms with van der Waals surface area (Å²) in [5.74, 6) is -0.538. The normalized spacial score (nSPS) is 14.3. The molecular formula is C57H106N2O7P+. The highest BCUT2D eigenvalue weighted by atomic mass is 31.2. The number of unbranched alkanes of at least 4 members (excludes halogenated alkanes) is 27. The van der Waals surface area contributed by atoms with Crippen LogP contribution in [-0.2, 0) is 27.9 Å². The lowest BCUT2D eigenvalue weighted by molar-refractivity contribution is -0.870. The first kappa shape index (κ1) is 64.7. The number of esters is 1. The number of rotatable bonds is 49. The molecule has 0 aliphatic carbocycles. The summed E-state index contributed by atoms with van der Waals surface area (Å²) in [6.45, 7) is 6.85. The van der Waals surface area contributed by atoms with Crippen LogP contribution in [0.2, 0.25) is 0 Å². The topological polar surface area (TPSA) is 111 Å². The van der Waals surface area contributed by atoms with Gasteiger partial charge in [0.25, 0.3) is 0 Å². The molecule has 0 saturated heterocycles. The summed E-state index contributed by atoms with van der Waals surface area (Å²) < 4.78 is 30.5. The quantitative estimate of drug-likeness (QED) is 0.0156. The number of amides is 1. The van der Waals surface area contributed by atoms with Crippen molar-refractivity contribution in [3.63, 3.8) is 0 Å². The molecule has 2 N–H and O–H groups in total. The molecule has 0 aliphatic rings. The summed E-state index contributed by atoms with van der Waals surface area (Å²) in [7, 11) is 1.48. The molecule has 0 spiro atoms. The van der Waals surface area contributed by atoms with Crippen molar-refractivity contribution in [3.8, 4) is 0 Å². The van der Waals surface area contributed by atoms with Crippen molar-refractivity contribution in [1.82, 2.24) is 5.32 Å². The van der Waals surface area contributed by atoms with Crippen LogP contribution in [0.3, 0.4) is 0 Å². The molecule has 3 unspecified atom stereocenters. The Kier molecular flexibility index (Phi) is 45.8. The third kappa shape index (κ3) is 48.5. The molecule has 0 heterocycles. The van der Waals surface area contributed by atoms with Crippen LogP contribution in [0.4, 0.5) is 0 Å². The van der Waals surface area contributed by atoms with E-state index in [4.69, 9.17) is 13.8 Å². The number of phosphoric acid groups is 1. The van der Waals surface area contributed by atoms with Crippen molar-refractivity contribution in [2.45, 2.75) is 251 Å². The summed E-state index contributed by atoms with van der Waals surface area (Å²) in [6.07, 6.45) is 57.8. The van der Waals surface area contributed by atoms with Gasteiger partial charge < -0.3 is 19.4 Å². The molecular weight excluding hydrogens is 856 g/mol. The maximum atomic E-state index is 13.5. The van der Waals surface area contributed by atoms with Gasteiger partial charge in [0.2, 0.25) is 5.91 Å². The monoisotopic (exact) mass is 962 g/mol. The molecule has 9 nitrogen and oxygen atoms in total. The average molecular weight is 962 g/mol. The third-order valence-corrected chi connectivity index (χ3v) is 13.0. The first-order valence-corrected chi connectivity index (χ1v) is 29.1. The smallest absolute Gasteiger partial charge is 0.456 e. The number of phosphoric ester groups is 1. The summed E-state index contributed by atoms with van der Waals surface area (Å²) in [6, 6.07) is -0.860. The van der Waals surface area contributed by atoms with E-state index in [1.807, 2.05) is 33.3 Å². The van der Waals surface area contributed by atoms with E-state index in [1.54, 1.807) is 0 Å². The van der Waals surface area contributed by atoms with Crippen LogP contribution in [0.1, 0.15) is 239 Å². The van der Waals surface area contributed by atoms with Crippen LogP contribution in [0.5, 0.6) is 0 Å². The minimum atomic E-state index is -4.45. The third-order valence-electron chi connectivity index (χ3n) is 12.0. The van der Waals surface area contributed by atoms with E-state index in [1.165, 1.54) is 116 Å². The van der Waals surface area contributed by atoms with E-state index < -0.39 is 20.0 Å². The number of likely N-dealkylation sites (N-methyl/N-ethyl adjacent to an activating group) is 1. The summed E-state index contributed by atoms with van der Waals surface area (Å²) in [5, 5.41) is 3.03. The number of hydrogen-bond donors (Lipinski definition) is 2. The lowest BCUT2D eigenvalue weighted by Gasteiger charge is -2.27. The Balaban J connectivity index is 5.44. The van der Waals surface area contributed by atoms with Crippen LogP contribution < -0.4 is 5.32 Å². The summed E-state index contributed by atoms with van der Waals surface area (Å²) in [4.78, 5) is 37.5. The van der Waals surface area contributed by atoms with Gasteiger partial charge in [-0.25, -0.2) is 4.57 Å². The zero-order chi connectivity index (χ0) is 49.4. The number of carbonyl (C=O) groups excluding carboxylic acids is 2. The van der Waals surface area contributed by atoms with Gasteiger partial charge in [-0.3, -0.25) is 18.6 Å². The van der Waals surface area contributed by atoms with E-state index in [9.17, 15) is 19.0 Å². The molecule has 0 bridgehead atoms. The first-order valence-electron chi connectivity index (χ1n) is 27.6. The van der Waals surface area contributed by atoms with Gasteiger partial charge in [0.1, 0.15) is 19.3 Å². The molecule has 10 heteroatoms. The van der Waals surface area contributed by atoms with E-state index >= 15 is 0 Å². The summed E-state index contributed by atoms with van der Waals surface area (Å²) >= 11 is 0. The van der Waals surface area contributed by atoms with Crippen molar-refractivity contribution in [2.75, 3.05) is 40.9 Å². The largest absolute Gasteiger partial charge is 0.472 e. The molecule has 0 fully saturated rings. The van der Waals surface area contributed by atoms with Crippen molar-refractivity contribution in [2.24, 2.45) is 0 Å². The average Bonchev–Trinajstić information content (AvgIpc) is 3.28. The van der Waals surface area contributed by atoms with Gasteiger partial charge in [-0.2, -0.15) is 0 Å². The predicted molar refractivity (Wildman–Crippen MR) is 286 cm³/mol. The zero-order valence-electron chi connectivity index (χ0n) is 44.4. The molecule has 0 aliphatic heterocycles. The van der Waals surface area contributed by atoms with Crippen LogP contribution in [0.15, 0.2) is 60.8 Å². The maximum absolute atomic E-state index is 13.5. The van der Waals surface area contributed by atoms with Gasteiger partial charge in [-0.15, -0.1) is 0 Å². The molecule has 0 rings (SSSR count). The highest BCUT2D eigenvalue weighted by molar-refractivity contribution is 7.47. The number of nitrogens with zero attached hydrogens (tertiary/aromatic N) is 1. The fourth-order valence-electron chi connectivity index (χ4n) is 7.70. The van der Waals surface area contributed by atoms with E-state index in [0.29, 0.717) is 17.4 Å². The standard InChI is InChI=1S/C57H105N2O7P/c1-7-10-13-16-19-22-25-28-29-32-35-38-41-44-47-50-57(61)66-55(48-45-42-39-36-33-30-26-23-20-17-14-11-8-2)54(53-65-67(62,63)64-52-51-59(4,5)6)58-56(60)49-46-43-40-37-34-31-27-24-21-18-15-12-9-3/h10,13,16,19,22,25,31,34,45,48,54-55H,7-9,11-12,14-15,17-18,20-21,23-24,26-30,32-33,35-44,46-47,49-53H2,1-6H3,(H-,58,60,62,63)/p+1/b13-10+,19-16+,25-22+,34-31-,48-45+. The fraction of sp³-hybridized carbons (Fsp3) is 0.789. The molecule has 3 atom stereocenters. The SMILES string of the molecule is CC/C=C/C=C/C=C/CCCCCCCCCC(=O)OC(/C=C/CCCCCCCCCCCCC)C(COP(=O)(O)OCC[N+](C)(C)C)NC(=O)CCCCC/C=C\CCCCCCCC. The van der Waals surface area contributed by atoms with E-state index in [-0.39, 0.29) is 31.5 Å². The van der Waals surface area contributed by atoms with Crippen LogP contribution in [0.25, 0.3) is 0 Å². The fourth-order valence-corrected chi connectivity index (χ4v) is 8.43. The molecule has 0 radical (unpaired) electrons. The van der Waals surface area contributed by atoms with Gasteiger partial charge in [0.15, 0.2) is 0 Å². The Morgan fingerprint density at radius 1 is 0.537 bits per heavy atom. The number of quaternary nitrogens is 1. The molecule has 0 aromatic heterocycles. The Labute approximate surface area is 413 Å². The Morgan fingerprint density at radius 2 is 0.970 bits per heavy atom. The van der Waals surface area contributed by atoms with Crippen molar-refractivity contribution < 1.29 is 37.3 Å². The lowest BCUT2D eigenvalue weighted by Crippen LogP contribution is -2.47. The van der Waals surface area contributed by atoms with Gasteiger partial charge in [-0.05, 0) is 76.7 Å². The van der Waals surface area contributed by atoms with Gasteiger partial charge in [0.05, 0.1) is 33.8 Å². The molecule has 67 heavy (non-hydrogen) atoms. The van der Waals surface area contributed by atoms with Gasteiger partial charge >= 0.3 is 13.8 Å². The van der Waals surface area contributed by atoms with Gasteiger partial charge in [0, 0.05) is 12.8 Å². The second-order valence-corrected chi connectivity index (χ2v) is 21.2. The first-order chi connectivity index (χ1) is 32.4. The van der Waals surface area contributed by atoms with Crippen molar-refractivity contribution >= 4 is 19.7 Å². The minimum Gasteiger partial charge on any atom is -0.456 e. The molecule has 1 amide bonds. The van der Waals surface area contributed by atoms with Crippen LogP contribution >= 0.6 is 7.82 Å². The number of nitrogens with one attached hydrogen (secondary N) is 1. The number of allylic oxidation sites excluding steroid dienone is 9. The lowest BCUT2D eigenvalue weighted by atomic mass is 10.0.